The minimum absolute atomic E-state index is 0.0570. The van der Waals surface area contributed by atoms with E-state index in [2.05, 4.69) is 0 Å². The Morgan fingerprint density at radius 1 is 1.29 bits per heavy atom. The zero-order valence-corrected chi connectivity index (χ0v) is 11.6. The monoisotopic (exact) mass is 256 g/mol. The summed E-state index contributed by atoms with van der Waals surface area (Å²) in [5.74, 6) is 0.0706. The molecule has 4 heteroatoms. The Labute approximate surface area is 104 Å². The van der Waals surface area contributed by atoms with E-state index < -0.39 is 10.1 Å². The summed E-state index contributed by atoms with van der Waals surface area (Å²) in [4.78, 5) is 0.0570. The molecule has 3 nitrogen and oxygen atoms in total. The van der Waals surface area contributed by atoms with Gasteiger partial charge in [-0.3, -0.25) is 4.55 Å². The molecular weight excluding hydrogens is 236 g/mol. The molecule has 0 heterocycles. The van der Waals surface area contributed by atoms with E-state index in [1.54, 1.807) is 6.07 Å². The molecule has 0 radical (unpaired) electrons. The van der Waals surface area contributed by atoms with Crippen LogP contribution in [-0.2, 0) is 16.5 Å². The van der Waals surface area contributed by atoms with E-state index in [1.807, 2.05) is 33.8 Å². The summed E-state index contributed by atoms with van der Waals surface area (Å²) in [6, 6.07) is 3.49. The Morgan fingerprint density at radius 3 is 2.29 bits per heavy atom. The normalized spacial score (nSPS) is 12.1. The van der Waals surface area contributed by atoms with Crippen LogP contribution < -0.4 is 0 Å². The minimum Gasteiger partial charge on any atom is -0.282 e. The number of benzene rings is 1. The van der Waals surface area contributed by atoms with Gasteiger partial charge in [0.1, 0.15) is 0 Å². The first-order valence-electron chi connectivity index (χ1n) is 5.88. The van der Waals surface area contributed by atoms with E-state index in [1.165, 1.54) is 0 Å². The van der Waals surface area contributed by atoms with Crippen LogP contribution in [0.5, 0.6) is 0 Å². The smallest absolute Gasteiger partial charge is 0.282 e. The molecule has 1 aromatic carbocycles. The molecule has 0 spiro atoms. The van der Waals surface area contributed by atoms with E-state index in [4.69, 9.17) is 0 Å². The number of hydrogen-bond acceptors (Lipinski definition) is 2. The molecule has 1 rings (SSSR count). The average Bonchev–Trinajstić information content (AvgIpc) is 2.18. The molecule has 0 aliphatic rings. The topological polar surface area (TPSA) is 54.4 Å². The maximum atomic E-state index is 11.4. The first-order chi connectivity index (χ1) is 7.77. The highest BCUT2D eigenvalue weighted by atomic mass is 32.2. The highest BCUT2D eigenvalue weighted by Gasteiger charge is 2.19. The fraction of sp³-hybridized carbons (Fsp3) is 0.538. The van der Waals surface area contributed by atoms with Crippen molar-refractivity contribution in [3.63, 3.8) is 0 Å². The second-order valence-electron chi connectivity index (χ2n) is 4.70. The third kappa shape index (κ3) is 3.30. The quantitative estimate of drug-likeness (QED) is 0.841. The Bertz CT molecular complexity index is 502. The molecule has 0 aliphatic carbocycles. The summed E-state index contributed by atoms with van der Waals surface area (Å²) in [7, 11) is -4.14. The van der Waals surface area contributed by atoms with Crippen molar-refractivity contribution in [2.45, 2.75) is 51.3 Å². The highest BCUT2D eigenvalue weighted by molar-refractivity contribution is 7.85. The van der Waals surface area contributed by atoms with Gasteiger partial charge in [0, 0.05) is 0 Å². The van der Waals surface area contributed by atoms with Crippen LogP contribution in [0, 0.1) is 6.92 Å². The maximum absolute atomic E-state index is 11.4. The molecule has 0 bridgehead atoms. The van der Waals surface area contributed by atoms with E-state index >= 15 is 0 Å². The predicted molar refractivity (Wildman–Crippen MR) is 69.1 cm³/mol. The van der Waals surface area contributed by atoms with Gasteiger partial charge in [0.15, 0.2) is 0 Å². The molecule has 0 aliphatic heterocycles. The van der Waals surface area contributed by atoms with Gasteiger partial charge in [0.05, 0.1) is 4.90 Å². The molecule has 96 valence electrons. The van der Waals surface area contributed by atoms with Crippen molar-refractivity contribution in [2.24, 2.45) is 0 Å². The zero-order valence-electron chi connectivity index (χ0n) is 10.8. The summed E-state index contributed by atoms with van der Waals surface area (Å²) >= 11 is 0. The van der Waals surface area contributed by atoms with E-state index in [0.717, 1.165) is 24.0 Å². The van der Waals surface area contributed by atoms with Gasteiger partial charge < -0.3 is 0 Å². The third-order valence-electron chi connectivity index (χ3n) is 2.89. The minimum atomic E-state index is -4.14. The fourth-order valence-electron chi connectivity index (χ4n) is 1.97. The van der Waals surface area contributed by atoms with Gasteiger partial charge in [-0.05, 0) is 42.0 Å². The molecular formula is C13H20O3S. The number of rotatable bonds is 4. The molecule has 1 aromatic rings. The highest BCUT2D eigenvalue weighted by Crippen LogP contribution is 2.27. The van der Waals surface area contributed by atoms with Crippen LogP contribution in [0.15, 0.2) is 17.0 Å². The molecule has 1 N–H and O–H groups in total. The van der Waals surface area contributed by atoms with Crippen LogP contribution >= 0.6 is 0 Å². The summed E-state index contributed by atoms with van der Waals surface area (Å²) in [6.45, 7) is 7.86. The summed E-state index contributed by atoms with van der Waals surface area (Å²) in [5, 5.41) is 0. The number of aryl methyl sites for hydroxylation is 2. The van der Waals surface area contributed by atoms with Crippen LogP contribution in [-0.4, -0.2) is 13.0 Å². The van der Waals surface area contributed by atoms with Crippen molar-refractivity contribution < 1.29 is 13.0 Å². The first kappa shape index (κ1) is 14.2. The summed E-state index contributed by atoms with van der Waals surface area (Å²) in [5.41, 5.74) is 2.76. The van der Waals surface area contributed by atoms with Crippen LogP contribution in [0.1, 0.15) is 49.8 Å². The zero-order chi connectivity index (χ0) is 13.2. The van der Waals surface area contributed by atoms with E-state index in [-0.39, 0.29) is 10.8 Å². The maximum Gasteiger partial charge on any atom is 0.294 e. The molecule has 0 unspecified atom stereocenters. The SMILES string of the molecule is CCCc1cc(S(=O)(=O)O)c(C(C)C)cc1C. The van der Waals surface area contributed by atoms with Crippen molar-refractivity contribution in [3.05, 3.63) is 28.8 Å². The molecule has 0 amide bonds. The molecule has 0 saturated heterocycles. The lowest BCUT2D eigenvalue weighted by molar-refractivity contribution is 0.481. The second kappa shape index (κ2) is 5.19. The van der Waals surface area contributed by atoms with Gasteiger partial charge in [0.25, 0.3) is 10.1 Å². The van der Waals surface area contributed by atoms with Gasteiger partial charge >= 0.3 is 0 Å². The Hall–Kier alpha value is -0.870. The molecule has 0 saturated carbocycles. The van der Waals surface area contributed by atoms with Crippen molar-refractivity contribution in [2.75, 3.05) is 0 Å². The van der Waals surface area contributed by atoms with Crippen LogP contribution in [0.25, 0.3) is 0 Å². The van der Waals surface area contributed by atoms with Crippen molar-refractivity contribution in [1.29, 1.82) is 0 Å². The fourth-order valence-corrected chi connectivity index (χ4v) is 2.85. The van der Waals surface area contributed by atoms with E-state index in [9.17, 15) is 13.0 Å². The van der Waals surface area contributed by atoms with Crippen LogP contribution in [0.3, 0.4) is 0 Å². The lowest BCUT2D eigenvalue weighted by Gasteiger charge is -2.15. The second-order valence-corrected chi connectivity index (χ2v) is 6.09. The molecule has 0 aromatic heterocycles. The number of hydrogen-bond donors (Lipinski definition) is 1. The van der Waals surface area contributed by atoms with Crippen molar-refractivity contribution in [1.82, 2.24) is 0 Å². The largest absolute Gasteiger partial charge is 0.294 e. The Morgan fingerprint density at radius 2 is 1.88 bits per heavy atom. The molecule has 0 atom stereocenters. The summed E-state index contributed by atoms with van der Waals surface area (Å²) < 4.78 is 32.0. The van der Waals surface area contributed by atoms with Crippen LogP contribution in [0.4, 0.5) is 0 Å². The van der Waals surface area contributed by atoms with Crippen LogP contribution in [0.2, 0.25) is 0 Å². The molecule has 17 heavy (non-hydrogen) atoms. The van der Waals surface area contributed by atoms with Gasteiger partial charge in [-0.1, -0.05) is 33.3 Å². The Balaban J connectivity index is 3.48. The average molecular weight is 256 g/mol. The predicted octanol–water partition coefficient (Wildman–Crippen LogP) is 3.32. The van der Waals surface area contributed by atoms with Gasteiger partial charge in [-0.2, -0.15) is 8.42 Å². The lowest BCUT2D eigenvalue weighted by Crippen LogP contribution is -2.07. The van der Waals surface area contributed by atoms with Crippen molar-refractivity contribution >= 4 is 10.1 Å². The first-order valence-corrected chi connectivity index (χ1v) is 7.32. The Kier molecular flexibility index (Phi) is 4.33. The van der Waals surface area contributed by atoms with Gasteiger partial charge in [-0.25, -0.2) is 0 Å². The lowest BCUT2D eigenvalue weighted by atomic mass is 9.96. The van der Waals surface area contributed by atoms with Gasteiger partial charge in [-0.15, -0.1) is 0 Å². The third-order valence-corrected chi connectivity index (χ3v) is 3.80. The standard InChI is InChI=1S/C13H20O3S/c1-5-6-11-8-13(17(14,15)16)12(9(2)3)7-10(11)4/h7-9H,5-6H2,1-4H3,(H,14,15,16). The van der Waals surface area contributed by atoms with E-state index in [0.29, 0.717) is 5.56 Å². The molecule has 0 fully saturated rings. The van der Waals surface area contributed by atoms with Crippen molar-refractivity contribution in [3.8, 4) is 0 Å². The van der Waals surface area contributed by atoms with Gasteiger partial charge in [0.2, 0.25) is 0 Å². The summed E-state index contributed by atoms with van der Waals surface area (Å²) in [6.07, 6.45) is 1.78.